The Morgan fingerprint density at radius 3 is 2.73 bits per heavy atom. The molecule has 0 spiro atoms. The van der Waals surface area contributed by atoms with Crippen molar-refractivity contribution in [2.75, 3.05) is 6.54 Å². The molecule has 1 aliphatic rings. The average molecular weight is 342 g/mol. The Balaban J connectivity index is 1.52. The number of rotatable bonds is 2. The highest BCUT2D eigenvalue weighted by molar-refractivity contribution is 5.98. The lowest BCUT2D eigenvalue weighted by molar-refractivity contribution is 0.0729. The minimum Gasteiger partial charge on any atom is -0.328 e. The van der Waals surface area contributed by atoms with Crippen molar-refractivity contribution in [1.82, 2.24) is 19.5 Å². The van der Waals surface area contributed by atoms with Crippen molar-refractivity contribution in [3.63, 3.8) is 0 Å². The molecular formula is C21H18N4O. The molecule has 1 aliphatic heterocycles. The third-order valence-corrected chi connectivity index (χ3v) is 5.15. The number of likely N-dealkylation sites (tertiary alicyclic amines) is 1. The van der Waals surface area contributed by atoms with E-state index in [1.807, 2.05) is 70.1 Å². The molecule has 1 atom stereocenters. The molecular weight excluding hydrogens is 324 g/mol. The Morgan fingerprint density at radius 2 is 1.81 bits per heavy atom. The first-order valence-electron chi connectivity index (χ1n) is 8.91. The number of aromatic nitrogens is 3. The molecule has 4 aromatic rings. The maximum absolute atomic E-state index is 13.2. The van der Waals surface area contributed by atoms with E-state index >= 15 is 0 Å². The summed E-state index contributed by atoms with van der Waals surface area (Å²) in [5, 5.41) is 10.8. The van der Waals surface area contributed by atoms with Gasteiger partial charge in [0.2, 0.25) is 0 Å². The fourth-order valence-electron chi connectivity index (χ4n) is 3.85. The van der Waals surface area contributed by atoms with Crippen LogP contribution in [0.3, 0.4) is 0 Å². The molecule has 0 saturated carbocycles. The molecule has 128 valence electrons. The van der Waals surface area contributed by atoms with E-state index < -0.39 is 0 Å². The normalized spacial score (nSPS) is 17.2. The molecule has 2 aromatic heterocycles. The first kappa shape index (κ1) is 15.1. The van der Waals surface area contributed by atoms with Gasteiger partial charge in [0.15, 0.2) is 11.5 Å². The number of pyridine rings is 1. The van der Waals surface area contributed by atoms with Gasteiger partial charge >= 0.3 is 0 Å². The minimum absolute atomic E-state index is 0.0358. The molecule has 1 saturated heterocycles. The Hall–Kier alpha value is -3.21. The number of fused-ring (bicyclic) bond motifs is 2. The smallest absolute Gasteiger partial charge is 0.254 e. The Bertz CT molecular complexity index is 1120. The minimum atomic E-state index is -0.0358. The van der Waals surface area contributed by atoms with Crippen LogP contribution in [0.1, 0.15) is 35.1 Å². The summed E-state index contributed by atoms with van der Waals surface area (Å²) in [4.78, 5) is 15.1. The number of amides is 1. The van der Waals surface area contributed by atoms with Gasteiger partial charge in [0.25, 0.3) is 5.91 Å². The highest BCUT2D eigenvalue weighted by Gasteiger charge is 2.33. The second kappa shape index (κ2) is 5.95. The summed E-state index contributed by atoms with van der Waals surface area (Å²) in [7, 11) is 0. The van der Waals surface area contributed by atoms with Gasteiger partial charge in [-0.15, -0.1) is 10.2 Å². The number of hydrogen-bond acceptors (Lipinski definition) is 3. The first-order valence-corrected chi connectivity index (χ1v) is 8.91. The summed E-state index contributed by atoms with van der Waals surface area (Å²) in [6, 6.07) is 19.8. The van der Waals surface area contributed by atoms with Gasteiger partial charge in [0.05, 0.1) is 6.04 Å². The summed E-state index contributed by atoms with van der Waals surface area (Å²) in [5.74, 6) is 0.901. The lowest BCUT2D eigenvalue weighted by Gasteiger charge is -2.23. The van der Waals surface area contributed by atoms with Crippen LogP contribution < -0.4 is 0 Å². The van der Waals surface area contributed by atoms with Crippen molar-refractivity contribution in [2.45, 2.75) is 18.9 Å². The Labute approximate surface area is 150 Å². The molecule has 1 unspecified atom stereocenters. The highest BCUT2D eigenvalue weighted by atomic mass is 16.2. The maximum Gasteiger partial charge on any atom is 0.254 e. The van der Waals surface area contributed by atoms with Gasteiger partial charge in [-0.1, -0.05) is 36.4 Å². The summed E-state index contributed by atoms with van der Waals surface area (Å²) in [6.07, 6.45) is 3.85. The number of hydrogen-bond donors (Lipinski definition) is 0. The molecule has 5 nitrogen and oxygen atoms in total. The van der Waals surface area contributed by atoms with E-state index in [0.717, 1.165) is 47.2 Å². The molecule has 0 bridgehead atoms. The molecule has 0 aliphatic carbocycles. The van der Waals surface area contributed by atoms with Crippen LogP contribution in [0.25, 0.3) is 16.4 Å². The molecule has 1 amide bonds. The first-order chi connectivity index (χ1) is 12.8. The lowest BCUT2D eigenvalue weighted by Crippen LogP contribution is -2.31. The third-order valence-electron chi connectivity index (χ3n) is 5.15. The van der Waals surface area contributed by atoms with Gasteiger partial charge in [-0.05, 0) is 47.9 Å². The second-order valence-electron chi connectivity index (χ2n) is 6.71. The fourth-order valence-corrected chi connectivity index (χ4v) is 3.85. The van der Waals surface area contributed by atoms with E-state index in [4.69, 9.17) is 0 Å². The largest absolute Gasteiger partial charge is 0.328 e. The van der Waals surface area contributed by atoms with Crippen molar-refractivity contribution in [3.8, 4) is 0 Å². The maximum atomic E-state index is 13.2. The predicted octanol–water partition coefficient (Wildman–Crippen LogP) is 3.86. The Morgan fingerprint density at radius 1 is 0.962 bits per heavy atom. The van der Waals surface area contributed by atoms with E-state index in [9.17, 15) is 4.79 Å². The molecule has 0 radical (unpaired) electrons. The SMILES string of the molecule is O=C(c1ccc2ccccc2c1)N1CCCC1c1nnc2ccccn12. The van der Waals surface area contributed by atoms with E-state index in [1.54, 1.807) is 0 Å². The molecule has 5 heteroatoms. The van der Waals surface area contributed by atoms with Crippen LogP contribution in [0.4, 0.5) is 0 Å². The Kier molecular flexibility index (Phi) is 3.45. The van der Waals surface area contributed by atoms with E-state index in [1.165, 1.54) is 0 Å². The van der Waals surface area contributed by atoms with Gasteiger partial charge in [0, 0.05) is 18.3 Å². The summed E-state index contributed by atoms with van der Waals surface area (Å²) < 4.78 is 1.98. The molecule has 0 N–H and O–H groups in total. The molecule has 2 aromatic carbocycles. The fraction of sp³-hybridized carbons (Fsp3) is 0.190. The summed E-state index contributed by atoms with van der Waals surface area (Å²) in [6.45, 7) is 0.748. The quantitative estimate of drug-likeness (QED) is 0.556. The zero-order valence-corrected chi connectivity index (χ0v) is 14.2. The van der Waals surface area contributed by atoms with Crippen LogP contribution in [0.2, 0.25) is 0 Å². The summed E-state index contributed by atoms with van der Waals surface area (Å²) in [5.41, 5.74) is 1.54. The van der Waals surface area contributed by atoms with E-state index in [-0.39, 0.29) is 11.9 Å². The van der Waals surface area contributed by atoms with Crippen molar-refractivity contribution in [1.29, 1.82) is 0 Å². The molecule has 26 heavy (non-hydrogen) atoms. The van der Waals surface area contributed by atoms with Gasteiger partial charge in [0.1, 0.15) is 0 Å². The van der Waals surface area contributed by atoms with Gasteiger partial charge in [-0.25, -0.2) is 0 Å². The monoisotopic (exact) mass is 342 g/mol. The van der Waals surface area contributed by atoms with Crippen LogP contribution in [0.15, 0.2) is 66.9 Å². The second-order valence-corrected chi connectivity index (χ2v) is 6.71. The van der Waals surface area contributed by atoms with Crippen molar-refractivity contribution in [2.24, 2.45) is 0 Å². The number of benzene rings is 2. The van der Waals surface area contributed by atoms with Crippen molar-refractivity contribution < 1.29 is 4.79 Å². The van der Waals surface area contributed by atoms with Gasteiger partial charge in [-0.2, -0.15) is 0 Å². The zero-order chi connectivity index (χ0) is 17.5. The number of nitrogens with zero attached hydrogens (tertiary/aromatic N) is 4. The average Bonchev–Trinajstić information content (AvgIpc) is 3.33. The molecule has 3 heterocycles. The third kappa shape index (κ3) is 2.36. The standard InChI is InChI=1S/C21H18N4O/c26-21(17-11-10-15-6-1-2-7-16(15)14-17)24-13-5-8-18(24)20-23-22-19-9-3-4-12-25(19)20/h1-4,6-7,9-12,14,18H,5,8,13H2. The van der Waals surface area contributed by atoms with Crippen molar-refractivity contribution in [3.05, 3.63) is 78.2 Å². The predicted molar refractivity (Wildman–Crippen MR) is 99.9 cm³/mol. The number of carbonyl (C=O) groups is 1. The van der Waals surface area contributed by atoms with Crippen molar-refractivity contribution >= 4 is 22.3 Å². The van der Waals surface area contributed by atoms with E-state index in [0.29, 0.717) is 0 Å². The number of carbonyl (C=O) groups excluding carboxylic acids is 1. The summed E-state index contributed by atoms with van der Waals surface area (Å²) >= 11 is 0. The zero-order valence-electron chi connectivity index (χ0n) is 14.2. The topological polar surface area (TPSA) is 50.5 Å². The van der Waals surface area contributed by atoms with Gasteiger partial charge < -0.3 is 4.90 Å². The van der Waals surface area contributed by atoms with Crippen LogP contribution >= 0.6 is 0 Å². The van der Waals surface area contributed by atoms with Gasteiger partial charge in [-0.3, -0.25) is 9.20 Å². The van der Waals surface area contributed by atoms with Crippen LogP contribution in [0, 0.1) is 0 Å². The lowest BCUT2D eigenvalue weighted by atomic mass is 10.1. The van der Waals surface area contributed by atoms with E-state index in [2.05, 4.69) is 16.3 Å². The van der Waals surface area contributed by atoms with Crippen LogP contribution in [-0.2, 0) is 0 Å². The molecule has 5 rings (SSSR count). The molecule has 1 fully saturated rings. The van der Waals surface area contributed by atoms with Crippen LogP contribution in [0.5, 0.6) is 0 Å². The highest BCUT2D eigenvalue weighted by Crippen LogP contribution is 2.32. The van der Waals surface area contributed by atoms with Crippen LogP contribution in [-0.4, -0.2) is 31.9 Å².